The number of rotatable bonds is 9. The Morgan fingerprint density at radius 3 is 2.06 bits per heavy atom. The predicted octanol–water partition coefficient (Wildman–Crippen LogP) is 4.49. The van der Waals surface area contributed by atoms with E-state index in [-0.39, 0.29) is 17.7 Å². The fraction of sp³-hybridized carbons (Fsp3) is 0.192. The third kappa shape index (κ3) is 7.21. The number of carbonyl (C=O) groups excluding carboxylic acids is 3. The lowest BCUT2D eigenvalue weighted by Gasteiger charge is -2.10. The van der Waals surface area contributed by atoms with Crippen LogP contribution >= 0.6 is 0 Å². The van der Waals surface area contributed by atoms with E-state index in [1.54, 1.807) is 48.5 Å². The number of anilines is 1. The maximum atomic E-state index is 12.5. The number of hydrogen-bond donors (Lipinski definition) is 3. The Balaban J connectivity index is 1.54. The zero-order valence-electron chi connectivity index (χ0n) is 18.6. The molecule has 0 aliphatic carbocycles. The van der Waals surface area contributed by atoms with Gasteiger partial charge in [-0.15, -0.1) is 0 Å². The minimum atomic E-state index is -0.500. The molecule has 0 atom stereocenters. The van der Waals surface area contributed by atoms with E-state index >= 15 is 0 Å². The van der Waals surface area contributed by atoms with Crippen LogP contribution in [0.3, 0.4) is 0 Å². The van der Waals surface area contributed by atoms with Crippen LogP contribution in [0.1, 0.15) is 46.5 Å². The van der Waals surface area contributed by atoms with Crippen LogP contribution in [-0.4, -0.2) is 17.7 Å². The molecule has 4 N–H and O–H groups in total. The summed E-state index contributed by atoms with van der Waals surface area (Å²) in [7, 11) is 0. The molecule has 0 saturated heterocycles. The SMILES string of the molecule is CC(C)CC(=O)Nc1cccc(CNC(=O)c2ccc(Oc3ccc(C(N)=O)cc3)cc2)c1. The first-order valence-electron chi connectivity index (χ1n) is 10.6. The van der Waals surface area contributed by atoms with E-state index in [1.807, 2.05) is 38.1 Å². The van der Waals surface area contributed by atoms with E-state index in [0.29, 0.717) is 41.3 Å². The Morgan fingerprint density at radius 2 is 1.48 bits per heavy atom. The number of ether oxygens (including phenoxy) is 1. The van der Waals surface area contributed by atoms with E-state index in [4.69, 9.17) is 10.5 Å². The minimum absolute atomic E-state index is 0.0303. The van der Waals surface area contributed by atoms with Gasteiger partial charge in [-0.05, 0) is 72.1 Å². The molecule has 0 spiro atoms. The topological polar surface area (TPSA) is 111 Å². The van der Waals surface area contributed by atoms with Crippen molar-refractivity contribution in [2.24, 2.45) is 11.7 Å². The molecule has 7 heteroatoms. The molecule has 170 valence electrons. The first-order valence-corrected chi connectivity index (χ1v) is 10.6. The molecule has 3 amide bonds. The maximum absolute atomic E-state index is 12.5. The van der Waals surface area contributed by atoms with Crippen LogP contribution in [0.5, 0.6) is 11.5 Å². The fourth-order valence-corrected chi connectivity index (χ4v) is 3.12. The van der Waals surface area contributed by atoms with Gasteiger partial charge in [0, 0.05) is 29.8 Å². The fourth-order valence-electron chi connectivity index (χ4n) is 3.12. The molecule has 0 fully saturated rings. The van der Waals surface area contributed by atoms with Crippen LogP contribution in [0.4, 0.5) is 5.69 Å². The van der Waals surface area contributed by atoms with Crippen molar-refractivity contribution in [1.29, 1.82) is 0 Å². The molecule has 3 rings (SSSR count). The Morgan fingerprint density at radius 1 is 0.879 bits per heavy atom. The second kappa shape index (κ2) is 10.9. The van der Waals surface area contributed by atoms with Crippen molar-refractivity contribution in [3.63, 3.8) is 0 Å². The molecule has 0 heterocycles. The molecular formula is C26H27N3O4. The molecule has 0 aliphatic heterocycles. The molecule has 0 radical (unpaired) electrons. The van der Waals surface area contributed by atoms with Crippen molar-refractivity contribution >= 4 is 23.4 Å². The van der Waals surface area contributed by atoms with Gasteiger partial charge in [-0.2, -0.15) is 0 Å². The molecule has 0 aliphatic rings. The van der Waals surface area contributed by atoms with Crippen LogP contribution in [0.2, 0.25) is 0 Å². The highest BCUT2D eigenvalue weighted by Gasteiger charge is 2.08. The summed E-state index contributed by atoms with van der Waals surface area (Å²) in [6.07, 6.45) is 0.458. The van der Waals surface area contributed by atoms with Crippen LogP contribution in [0, 0.1) is 5.92 Å². The largest absolute Gasteiger partial charge is 0.457 e. The van der Waals surface area contributed by atoms with Gasteiger partial charge in [-0.1, -0.05) is 26.0 Å². The average molecular weight is 446 g/mol. The summed E-state index contributed by atoms with van der Waals surface area (Å²) in [4.78, 5) is 35.6. The van der Waals surface area contributed by atoms with Crippen molar-refractivity contribution in [3.8, 4) is 11.5 Å². The highest BCUT2D eigenvalue weighted by molar-refractivity contribution is 5.94. The molecule has 0 bridgehead atoms. The van der Waals surface area contributed by atoms with Crippen LogP contribution in [0.25, 0.3) is 0 Å². The molecule has 3 aromatic rings. The molecule has 0 saturated carbocycles. The monoisotopic (exact) mass is 445 g/mol. The average Bonchev–Trinajstić information content (AvgIpc) is 2.78. The van der Waals surface area contributed by atoms with E-state index in [2.05, 4.69) is 10.6 Å². The lowest BCUT2D eigenvalue weighted by atomic mass is 10.1. The molecular weight excluding hydrogens is 418 g/mol. The highest BCUT2D eigenvalue weighted by atomic mass is 16.5. The summed E-state index contributed by atoms with van der Waals surface area (Å²) in [5.41, 5.74) is 7.71. The van der Waals surface area contributed by atoms with Gasteiger partial charge in [0.15, 0.2) is 0 Å². The summed E-state index contributed by atoms with van der Waals surface area (Å²) in [6, 6.07) is 20.6. The van der Waals surface area contributed by atoms with Gasteiger partial charge < -0.3 is 21.1 Å². The summed E-state index contributed by atoms with van der Waals surface area (Å²) >= 11 is 0. The molecule has 0 aromatic heterocycles. The van der Waals surface area contributed by atoms with Gasteiger partial charge in [-0.25, -0.2) is 0 Å². The van der Waals surface area contributed by atoms with Crippen molar-refractivity contribution in [2.75, 3.05) is 5.32 Å². The molecule has 7 nitrogen and oxygen atoms in total. The normalized spacial score (nSPS) is 10.5. The number of carbonyl (C=O) groups is 3. The summed E-state index contributed by atoms with van der Waals surface area (Å²) in [5.74, 6) is 0.644. The Labute approximate surface area is 193 Å². The standard InChI is InChI=1S/C26H27N3O4/c1-17(2)14-24(30)29-21-5-3-4-18(15-21)16-28-26(32)20-8-12-23(13-9-20)33-22-10-6-19(7-11-22)25(27)31/h3-13,15,17H,14,16H2,1-2H3,(H2,27,31)(H,28,32)(H,29,30). The van der Waals surface area contributed by atoms with Crippen molar-refractivity contribution < 1.29 is 19.1 Å². The van der Waals surface area contributed by atoms with Gasteiger partial charge in [-0.3, -0.25) is 14.4 Å². The lowest BCUT2D eigenvalue weighted by Crippen LogP contribution is -2.22. The molecule has 3 aromatic carbocycles. The number of nitrogens with one attached hydrogen (secondary N) is 2. The lowest BCUT2D eigenvalue weighted by molar-refractivity contribution is -0.116. The van der Waals surface area contributed by atoms with Crippen molar-refractivity contribution in [1.82, 2.24) is 5.32 Å². The first-order chi connectivity index (χ1) is 15.8. The van der Waals surface area contributed by atoms with Gasteiger partial charge >= 0.3 is 0 Å². The minimum Gasteiger partial charge on any atom is -0.457 e. The summed E-state index contributed by atoms with van der Waals surface area (Å²) in [5, 5.41) is 5.76. The van der Waals surface area contributed by atoms with E-state index in [1.165, 1.54) is 0 Å². The molecule has 0 unspecified atom stereocenters. The van der Waals surface area contributed by atoms with Gasteiger partial charge in [0.2, 0.25) is 11.8 Å². The number of amides is 3. The zero-order chi connectivity index (χ0) is 23.8. The van der Waals surface area contributed by atoms with Gasteiger partial charge in [0.05, 0.1) is 0 Å². The van der Waals surface area contributed by atoms with Crippen molar-refractivity contribution in [2.45, 2.75) is 26.8 Å². The number of nitrogens with two attached hydrogens (primary N) is 1. The zero-order valence-corrected chi connectivity index (χ0v) is 18.6. The van der Waals surface area contributed by atoms with Crippen LogP contribution in [-0.2, 0) is 11.3 Å². The predicted molar refractivity (Wildman–Crippen MR) is 127 cm³/mol. The quantitative estimate of drug-likeness (QED) is 0.451. The third-order valence-corrected chi connectivity index (χ3v) is 4.75. The summed E-state index contributed by atoms with van der Waals surface area (Å²) in [6.45, 7) is 4.32. The number of hydrogen-bond acceptors (Lipinski definition) is 4. The Kier molecular flexibility index (Phi) is 7.81. The van der Waals surface area contributed by atoms with Crippen LogP contribution in [0.15, 0.2) is 72.8 Å². The van der Waals surface area contributed by atoms with Gasteiger partial charge in [0.25, 0.3) is 5.91 Å². The number of primary amides is 1. The highest BCUT2D eigenvalue weighted by Crippen LogP contribution is 2.22. The third-order valence-electron chi connectivity index (χ3n) is 4.75. The second-order valence-electron chi connectivity index (χ2n) is 8.04. The van der Waals surface area contributed by atoms with E-state index < -0.39 is 5.91 Å². The number of benzene rings is 3. The maximum Gasteiger partial charge on any atom is 0.251 e. The molecule has 33 heavy (non-hydrogen) atoms. The van der Waals surface area contributed by atoms with E-state index in [0.717, 1.165) is 5.56 Å². The Bertz CT molecular complexity index is 1120. The summed E-state index contributed by atoms with van der Waals surface area (Å²) < 4.78 is 5.73. The van der Waals surface area contributed by atoms with Crippen LogP contribution < -0.4 is 21.1 Å². The second-order valence-corrected chi connectivity index (χ2v) is 8.04. The first kappa shape index (κ1) is 23.5. The smallest absolute Gasteiger partial charge is 0.251 e. The van der Waals surface area contributed by atoms with Gasteiger partial charge in [0.1, 0.15) is 11.5 Å². The Hall–Kier alpha value is -4.13. The van der Waals surface area contributed by atoms with Crippen molar-refractivity contribution in [3.05, 3.63) is 89.5 Å². The van der Waals surface area contributed by atoms with E-state index in [9.17, 15) is 14.4 Å².